The van der Waals surface area contributed by atoms with Gasteiger partial charge >= 0.3 is 5.97 Å². The van der Waals surface area contributed by atoms with Crippen molar-refractivity contribution in [3.63, 3.8) is 0 Å². The van der Waals surface area contributed by atoms with Gasteiger partial charge in [0.15, 0.2) is 0 Å². The first-order valence-electron chi connectivity index (χ1n) is 4.56. The van der Waals surface area contributed by atoms with E-state index in [1.165, 1.54) is 19.2 Å². The number of carbonyl (C=O) groups is 1. The second-order valence-electron chi connectivity index (χ2n) is 2.01. The fraction of sp³-hybridized carbons (Fsp3) is 0.364. The summed E-state index contributed by atoms with van der Waals surface area (Å²) in [5, 5.41) is 16.1. The van der Waals surface area contributed by atoms with E-state index < -0.39 is 5.97 Å². The van der Waals surface area contributed by atoms with E-state index in [1.54, 1.807) is 12.1 Å². The molecule has 1 aromatic carbocycles. The monoisotopic (exact) mass is 214 g/mol. The third-order valence-corrected chi connectivity index (χ3v) is 1.31. The molecule has 0 unspecified atom stereocenters. The Morgan fingerprint density at radius 3 is 2.07 bits per heavy atom. The number of aliphatic hydroxyl groups is 1. The number of carbonyl (C=O) groups excluding carboxylic acids is 1. The molecular formula is C11H18O4. The molecule has 0 aliphatic heterocycles. The van der Waals surface area contributed by atoms with Gasteiger partial charge in [0.25, 0.3) is 0 Å². The summed E-state index contributed by atoms with van der Waals surface area (Å²) in [6, 6.07) is 6.24. The van der Waals surface area contributed by atoms with Gasteiger partial charge in [-0.1, -0.05) is 26.0 Å². The van der Waals surface area contributed by atoms with Gasteiger partial charge in [0, 0.05) is 7.11 Å². The van der Waals surface area contributed by atoms with E-state index >= 15 is 0 Å². The van der Waals surface area contributed by atoms with E-state index in [4.69, 9.17) is 10.2 Å². The first-order valence-corrected chi connectivity index (χ1v) is 4.56. The molecule has 1 aromatic rings. The lowest BCUT2D eigenvalue weighted by molar-refractivity contribution is 0.0597. The van der Waals surface area contributed by atoms with Crippen LogP contribution in [0.5, 0.6) is 5.75 Å². The molecule has 4 heteroatoms. The lowest BCUT2D eigenvalue weighted by Gasteiger charge is -1.99. The molecule has 0 heterocycles. The van der Waals surface area contributed by atoms with Crippen LogP contribution in [0.4, 0.5) is 0 Å². The summed E-state index contributed by atoms with van der Waals surface area (Å²) in [5.74, 6) is -0.581. The van der Waals surface area contributed by atoms with Gasteiger partial charge in [-0.3, -0.25) is 0 Å². The molecule has 0 amide bonds. The topological polar surface area (TPSA) is 66.8 Å². The molecule has 0 radical (unpaired) electrons. The minimum absolute atomic E-state index is 0.0562. The van der Waals surface area contributed by atoms with Crippen LogP contribution in [-0.4, -0.2) is 30.4 Å². The highest BCUT2D eigenvalue weighted by Gasteiger charge is 2.08. The van der Waals surface area contributed by atoms with Crippen LogP contribution < -0.4 is 0 Å². The van der Waals surface area contributed by atoms with Crippen molar-refractivity contribution < 1.29 is 19.7 Å². The summed E-state index contributed by atoms with van der Waals surface area (Å²) < 4.78 is 4.42. The third-order valence-electron chi connectivity index (χ3n) is 1.31. The third kappa shape index (κ3) is 5.70. The fourth-order valence-electron chi connectivity index (χ4n) is 0.756. The van der Waals surface area contributed by atoms with Crippen LogP contribution in [0.3, 0.4) is 0 Å². The zero-order chi connectivity index (χ0) is 12.3. The van der Waals surface area contributed by atoms with Crippen LogP contribution in [0, 0.1) is 0 Å². The van der Waals surface area contributed by atoms with Crippen molar-refractivity contribution >= 4 is 5.97 Å². The molecule has 0 aliphatic carbocycles. The summed E-state index contributed by atoms with van der Waals surface area (Å²) in [4.78, 5) is 10.9. The van der Waals surface area contributed by atoms with Gasteiger partial charge in [0.1, 0.15) is 11.3 Å². The van der Waals surface area contributed by atoms with Gasteiger partial charge in [0.2, 0.25) is 0 Å². The number of phenols is 1. The number of rotatable bonds is 1. The lowest BCUT2D eigenvalue weighted by Crippen LogP contribution is -2.00. The Kier molecular flexibility index (Phi) is 11.2. The van der Waals surface area contributed by atoms with Gasteiger partial charge in [-0.05, 0) is 12.1 Å². The van der Waals surface area contributed by atoms with Crippen LogP contribution in [0.1, 0.15) is 24.2 Å². The molecule has 86 valence electrons. The predicted octanol–water partition coefficient (Wildman–Crippen LogP) is 1.81. The first kappa shape index (κ1) is 15.9. The van der Waals surface area contributed by atoms with E-state index in [1.807, 2.05) is 13.8 Å². The number of hydrogen-bond acceptors (Lipinski definition) is 4. The van der Waals surface area contributed by atoms with Crippen molar-refractivity contribution in [1.29, 1.82) is 0 Å². The lowest BCUT2D eigenvalue weighted by atomic mass is 10.2. The van der Waals surface area contributed by atoms with Crippen LogP contribution in [0.2, 0.25) is 0 Å². The maximum atomic E-state index is 10.9. The van der Waals surface area contributed by atoms with Crippen LogP contribution in [0.25, 0.3) is 0 Å². The normalized spacial score (nSPS) is 7.53. The average Bonchev–Trinajstić information content (AvgIpc) is 2.34. The molecule has 0 spiro atoms. The fourth-order valence-corrected chi connectivity index (χ4v) is 0.756. The quantitative estimate of drug-likeness (QED) is 0.700. The summed E-state index contributed by atoms with van der Waals surface area (Å²) in [6.45, 7) is 4.00. The Bertz CT molecular complexity index is 271. The number of phenolic OH excluding ortho intramolecular Hbond substituents is 1. The van der Waals surface area contributed by atoms with Gasteiger partial charge in [-0.2, -0.15) is 0 Å². The molecule has 15 heavy (non-hydrogen) atoms. The SMILES string of the molecule is CC.CO.COC(=O)c1ccccc1O. The van der Waals surface area contributed by atoms with Crippen LogP contribution in [0.15, 0.2) is 24.3 Å². The van der Waals surface area contributed by atoms with Crippen LogP contribution in [-0.2, 0) is 4.74 Å². The van der Waals surface area contributed by atoms with Crippen LogP contribution >= 0.6 is 0 Å². The average molecular weight is 214 g/mol. The van der Waals surface area contributed by atoms with E-state index in [-0.39, 0.29) is 11.3 Å². The van der Waals surface area contributed by atoms with Crippen molar-refractivity contribution in [2.75, 3.05) is 14.2 Å². The molecule has 0 atom stereocenters. The Labute approximate surface area is 90.1 Å². The molecule has 0 aliphatic rings. The number of methoxy groups -OCH3 is 1. The molecule has 1 rings (SSSR count). The van der Waals surface area contributed by atoms with Gasteiger partial charge in [-0.25, -0.2) is 4.79 Å². The number of esters is 1. The number of hydrogen-bond donors (Lipinski definition) is 2. The summed E-state index contributed by atoms with van der Waals surface area (Å²) in [5.41, 5.74) is 0.190. The highest BCUT2D eigenvalue weighted by Crippen LogP contribution is 2.15. The molecule has 2 N–H and O–H groups in total. The van der Waals surface area contributed by atoms with Crippen molar-refractivity contribution in [3.8, 4) is 5.75 Å². The number of para-hydroxylation sites is 1. The zero-order valence-electron chi connectivity index (χ0n) is 9.52. The van der Waals surface area contributed by atoms with E-state index in [9.17, 15) is 4.79 Å². The van der Waals surface area contributed by atoms with Crippen molar-refractivity contribution in [2.45, 2.75) is 13.8 Å². The van der Waals surface area contributed by atoms with Crippen molar-refractivity contribution in [1.82, 2.24) is 0 Å². The number of benzene rings is 1. The Morgan fingerprint density at radius 2 is 1.67 bits per heavy atom. The minimum Gasteiger partial charge on any atom is -0.507 e. The molecule has 0 fully saturated rings. The summed E-state index contributed by atoms with van der Waals surface area (Å²) in [6.07, 6.45) is 0. The van der Waals surface area contributed by atoms with Gasteiger partial charge < -0.3 is 14.9 Å². The second kappa shape index (κ2) is 10.5. The Hall–Kier alpha value is -1.55. The standard InChI is InChI=1S/C8H8O3.C2H6.CH4O/c1-11-8(10)6-4-2-3-5-7(6)9;2*1-2/h2-5,9H,1H3;1-2H3;2H,1H3. The molecular weight excluding hydrogens is 196 g/mol. The number of aliphatic hydroxyl groups excluding tert-OH is 1. The molecule has 0 saturated carbocycles. The molecule has 0 aromatic heterocycles. The summed E-state index contributed by atoms with van der Waals surface area (Å²) >= 11 is 0. The van der Waals surface area contributed by atoms with E-state index in [2.05, 4.69) is 4.74 Å². The first-order chi connectivity index (χ1) is 7.25. The molecule has 0 saturated heterocycles. The smallest absolute Gasteiger partial charge is 0.341 e. The highest BCUT2D eigenvalue weighted by molar-refractivity contribution is 5.92. The van der Waals surface area contributed by atoms with Gasteiger partial charge in [0.05, 0.1) is 7.11 Å². The highest BCUT2D eigenvalue weighted by atomic mass is 16.5. The number of aromatic hydroxyl groups is 1. The second-order valence-corrected chi connectivity index (χ2v) is 2.01. The zero-order valence-corrected chi connectivity index (χ0v) is 9.52. The Balaban J connectivity index is 0. The predicted molar refractivity (Wildman–Crippen MR) is 58.9 cm³/mol. The number of ether oxygens (including phenoxy) is 1. The molecule has 4 nitrogen and oxygen atoms in total. The van der Waals surface area contributed by atoms with Gasteiger partial charge in [-0.15, -0.1) is 0 Å². The van der Waals surface area contributed by atoms with Crippen molar-refractivity contribution in [3.05, 3.63) is 29.8 Å². The minimum atomic E-state index is -0.525. The van der Waals surface area contributed by atoms with E-state index in [0.717, 1.165) is 7.11 Å². The maximum absolute atomic E-state index is 10.9. The molecule has 0 bridgehead atoms. The van der Waals surface area contributed by atoms with Crippen molar-refractivity contribution in [2.24, 2.45) is 0 Å². The van der Waals surface area contributed by atoms with E-state index in [0.29, 0.717) is 0 Å². The summed E-state index contributed by atoms with van der Waals surface area (Å²) in [7, 11) is 2.27. The Morgan fingerprint density at radius 1 is 1.20 bits per heavy atom. The maximum Gasteiger partial charge on any atom is 0.341 e. The largest absolute Gasteiger partial charge is 0.507 e.